The van der Waals surface area contributed by atoms with Crippen LogP contribution in [0.4, 0.5) is 0 Å². The van der Waals surface area contributed by atoms with Gasteiger partial charge < -0.3 is 5.32 Å². The lowest BCUT2D eigenvalue weighted by Crippen LogP contribution is -2.31. The van der Waals surface area contributed by atoms with Crippen molar-refractivity contribution in [2.24, 2.45) is 0 Å². The second kappa shape index (κ2) is 9.50. The molecule has 1 aliphatic rings. The monoisotopic (exact) mass is 488 g/mol. The summed E-state index contributed by atoms with van der Waals surface area (Å²) in [5, 5.41) is 2.96. The summed E-state index contributed by atoms with van der Waals surface area (Å²) in [5.41, 5.74) is 4.80. The maximum Gasteiger partial charge on any atom is 0.268 e. The zero-order chi connectivity index (χ0) is 25.3. The molecule has 35 heavy (non-hydrogen) atoms. The molecule has 3 aromatic carbocycles. The highest BCUT2D eigenvalue weighted by molar-refractivity contribution is 7.99. The van der Waals surface area contributed by atoms with Crippen LogP contribution < -0.4 is 5.32 Å². The quantitative estimate of drug-likeness (QED) is 0.535. The number of nitrogens with zero attached hydrogens (tertiary/aromatic N) is 1. The lowest BCUT2D eigenvalue weighted by Gasteiger charge is -2.18. The first-order valence-corrected chi connectivity index (χ1v) is 12.8. The Kier molecular flexibility index (Phi) is 6.63. The number of benzene rings is 3. The molecule has 3 aromatic rings. The first-order chi connectivity index (χ1) is 16.6. The third-order valence-electron chi connectivity index (χ3n) is 6.39. The number of carbonyl (C=O) groups excluding carboxylic acids is 2. The van der Waals surface area contributed by atoms with Crippen LogP contribution >= 0.6 is 0 Å². The molecule has 1 aliphatic heterocycles. The average molecular weight is 489 g/mol. The van der Waals surface area contributed by atoms with E-state index >= 15 is 0 Å². The summed E-state index contributed by atoms with van der Waals surface area (Å²) in [5.74, 6) is -0.760. The zero-order valence-corrected chi connectivity index (χ0v) is 21.0. The maximum atomic E-state index is 13.3. The van der Waals surface area contributed by atoms with Crippen LogP contribution in [0, 0.1) is 13.8 Å². The molecule has 0 bridgehead atoms. The smallest absolute Gasteiger partial charge is 0.268 e. The summed E-state index contributed by atoms with van der Waals surface area (Å²) < 4.78 is 27.6. The summed E-state index contributed by atoms with van der Waals surface area (Å²) in [6.07, 6.45) is 0. The SMILES string of the molecule is CC1=C(c2ccc(C)c(C)c2)S(=O)(=O)N(Cc2ccc(C(=O)N[C@@H](C)c3ccccc3)cc2)C1=O. The molecule has 0 saturated carbocycles. The Morgan fingerprint density at radius 2 is 1.57 bits per heavy atom. The summed E-state index contributed by atoms with van der Waals surface area (Å²) in [4.78, 5) is 25.6. The van der Waals surface area contributed by atoms with Gasteiger partial charge in [-0.25, -0.2) is 12.7 Å². The topological polar surface area (TPSA) is 83.6 Å². The largest absolute Gasteiger partial charge is 0.346 e. The van der Waals surface area contributed by atoms with Gasteiger partial charge in [0.25, 0.3) is 21.8 Å². The number of carbonyl (C=O) groups is 2. The van der Waals surface area contributed by atoms with Gasteiger partial charge in [-0.15, -0.1) is 0 Å². The first kappa shape index (κ1) is 24.4. The van der Waals surface area contributed by atoms with E-state index in [0.717, 1.165) is 21.0 Å². The zero-order valence-electron chi connectivity index (χ0n) is 20.2. The Hall–Kier alpha value is -3.71. The van der Waals surface area contributed by atoms with Crippen LogP contribution in [-0.2, 0) is 21.4 Å². The lowest BCUT2D eigenvalue weighted by atomic mass is 10.0. The molecule has 1 N–H and O–H groups in total. The van der Waals surface area contributed by atoms with Crippen LogP contribution in [0.3, 0.4) is 0 Å². The molecular weight excluding hydrogens is 460 g/mol. The van der Waals surface area contributed by atoms with Crippen LogP contribution in [0.25, 0.3) is 4.91 Å². The van der Waals surface area contributed by atoms with E-state index in [9.17, 15) is 18.0 Å². The van der Waals surface area contributed by atoms with Gasteiger partial charge in [0.15, 0.2) is 0 Å². The second-order valence-corrected chi connectivity index (χ2v) is 10.7. The Morgan fingerprint density at radius 3 is 2.20 bits per heavy atom. The van der Waals surface area contributed by atoms with Gasteiger partial charge in [0.2, 0.25) is 0 Å². The molecule has 4 rings (SSSR count). The van der Waals surface area contributed by atoms with E-state index in [4.69, 9.17) is 0 Å². The van der Waals surface area contributed by atoms with Crippen molar-refractivity contribution < 1.29 is 18.0 Å². The first-order valence-electron chi connectivity index (χ1n) is 11.4. The van der Waals surface area contributed by atoms with Crippen molar-refractivity contribution in [3.8, 4) is 0 Å². The average Bonchev–Trinajstić information content (AvgIpc) is 3.01. The molecule has 1 atom stereocenters. The highest BCUT2D eigenvalue weighted by Crippen LogP contribution is 2.37. The summed E-state index contributed by atoms with van der Waals surface area (Å²) in [6, 6.07) is 21.5. The highest BCUT2D eigenvalue weighted by atomic mass is 32.2. The number of hydrogen-bond donors (Lipinski definition) is 1. The van der Waals surface area contributed by atoms with E-state index in [1.165, 1.54) is 0 Å². The van der Waals surface area contributed by atoms with Gasteiger partial charge in [0.05, 0.1) is 12.6 Å². The second-order valence-electron chi connectivity index (χ2n) is 8.87. The summed E-state index contributed by atoms with van der Waals surface area (Å²) in [6.45, 7) is 7.22. The van der Waals surface area contributed by atoms with E-state index in [1.54, 1.807) is 43.3 Å². The Labute approximate surface area is 206 Å². The number of sulfonamides is 1. The third kappa shape index (κ3) is 4.77. The number of nitrogens with one attached hydrogen (secondary N) is 1. The molecular formula is C28H28N2O4S. The standard InChI is InChI=1S/C28H28N2O4S/c1-18-10-13-25(16-19(18)2)26-20(3)28(32)30(35(26,33)34)17-22-11-14-24(15-12-22)27(31)29-21(4)23-8-6-5-7-9-23/h5-16,21H,17H2,1-4H3,(H,29,31)/t21-/m0/s1. The van der Waals surface area contributed by atoms with Gasteiger partial charge in [-0.05, 0) is 67.6 Å². The van der Waals surface area contributed by atoms with E-state index in [0.29, 0.717) is 16.7 Å². The molecule has 6 nitrogen and oxygen atoms in total. The third-order valence-corrected chi connectivity index (χ3v) is 8.33. The van der Waals surface area contributed by atoms with Crippen molar-refractivity contribution in [3.63, 3.8) is 0 Å². The molecule has 0 unspecified atom stereocenters. The van der Waals surface area contributed by atoms with Gasteiger partial charge in [-0.1, -0.05) is 60.7 Å². The van der Waals surface area contributed by atoms with Crippen LogP contribution in [0.5, 0.6) is 0 Å². The fraction of sp³-hybridized carbons (Fsp3) is 0.214. The Morgan fingerprint density at radius 1 is 0.914 bits per heavy atom. The van der Waals surface area contributed by atoms with E-state index in [2.05, 4.69) is 5.32 Å². The summed E-state index contributed by atoms with van der Waals surface area (Å²) in [7, 11) is -4.00. The van der Waals surface area contributed by atoms with Gasteiger partial charge in [-0.2, -0.15) is 0 Å². The van der Waals surface area contributed by atoms with Crippen molar-refractivity contribution in [2.75, 3.05) is 0 Å². The normalized spacial score (nSPS) is 15.9. The Bertz CT molecular complexity index is 1430. The minimum atomic E-state index is -4.00. The number of amides is 2. The fourth-order valence-electron chi connectivity index (χ4n) is 4.13. The predicted octanol–water partition coefficient (Wildman–Crippen LogP) is 4.90. The predicted molar refractivity (Wildman–Crippen MR) is 137 cm³/mol. The summed E-state index contributed by atoms with van der Waals surface area (Å²) >= 11 is 0. The number of hydrogen-bond acceptors (Lipinski definition) is 4. The van der Waals surface area contributed by atoms with Crippen molar-refractivity contribution in [3.05, 3.63) is 112 Å². The van der Waals surface area contributed by atoms with Crippen molar-refractivity contribution in [1.82, 2.24) is 9.62 Å². The lowest BCUT2D eigenvalue weighted by molar-refractivity contribution is -0.122. The minimum Gasteiger partial charge on any atom is -0.346 e. The molecule has 0 spiro atoms. The van der Waals surface area contributed by atoms with Crippen LogP contribution in [-0.4, -0.2) is 24.5 Å². The molecule has 2 amide bonds. The molecule has 0 aromatic heterocycles. The molecule has 0 aliphatic carbocycles. The molecule has 180 valence electrons. The van der Waals surface area contributed by atoms with Gasteiger partial charge in [-0.3, -0.25) is 9.59 Å². The van der Waals surface area contributed by atoms with Crippen molar-refractivity contribution >= 4 is 26.7 Å². The molecule has 0 fully saturated rings. The fourth-order valence-corrected chi connectivity index (χ4v) is 5.93. The van der Waals surface area contributed by atoms with Crippen LogP contribution in [0.15, 0.2) is 78.4 Å². The van der Waals surface area contributed by atoms with Crippen LogP contribution in [0.2, 0.25) is 0 Å². The highest BCUT2D eigenvalue weighted by Gasteiger charge is 2.42. The number of rotatable bonds is 6. The van der Waals surface area contributed by atoms with Gasteiger partial charge in [0, 0.05) is 11.1 Å². The van der Waals surface area contributed by atoms with Crippen molar-refractivity contribution in [1.29, 1.82) is 0 Å². The molecule has 1 heterocycles. The van der Waals surface area contributed by atoms with E-state index < -0.39 is 15.9 Å². The van der Waals surface area contributed by atoms with Crippen LogP contribution in [0.1, 0.15) is 58.1 Å². The Balaban J connectivity index is 1.50. The van der Waals surface area contributed by atoms with Crippen molar-refractivity contribution in [2.45, 2.75) is 40.3 Å². The van der Waals surface area contributed by atoms with E-state index in [1.807, 2.05) is 57.2 Å². The number of aryl methyl sites for hydroxylation is 2. The van der Waals surface area contributed by atoms with E-state index in [-0.39, 0.29) is 29.0 Å². The van der Waals surface area contributed by atoms with Gasteiger partial charge >= 0.3 is 0 Å². The minimum absolute atomic E-state index is 0.0523. The molecule has 0 saturated heterocycles. The maximum absolute atomic E-state index is 13.3. The molecule has 0 radical (unpaired) electrons. The molecule has 7 heteroatoms. The van der Waals surface area contributed by atoms with Gasteiger partial charge in [0.1, 0.15) is 4.91 Å².